The molecule has 0 N–H and O–H groups in total. The number of halogens is 2. The van der Waals surface area contributed by atoms with Crippen LogP contribution >= 0.6 is 39.3 Å². The second-order valence-corrected chi connectivity index (χ2v) is 4.79. The lowest BCUT2D eigenvalue weighted by Gasteiger charge is -2.04. The molecule has 4 heteroatoms. The number of alkyl halides is 1. The Kier molecular flexibility index (Phi) is 4.99. The van der Waals surface area contributed by atoms with E-state index >= 15 is 0 Å². The third kappa shape index (κ3) is 3.30. The maximum atomic E-state index is 11.1. The van der Waals surface area contributed by atoms with E-state index in [-0.39, 0.29) is 11.7 Å². The van der Waals surface area contributed by atoms with Gasteiger partial charge in [-0.1, -0.05) is 6.07 Å². The van der Waals surface area contributed by atoms with E-state index < -0.39 is 0 Å². The molecule has 14 heavy (non-hydrogen) atoms. The Morgan fingerprint density at radius 3 is 2.86 bits per heavy atom. The number of hydrogen-bond donors (Lipinski definition) is 0. The third-order valence-corrected chi connectivity index (χ3v) is 3.80. The molecule has 0 aliphatic carbocycles. The molecule has 0 atom stereocenters. The van der Waals surface area contributed by atoms with Crippen molar-refractivity contribution < 1.29 is 4.79 Å². The van der Waals surface area contributed by atoms with Crippen molar-refractivity contribution in [2.24, 2.45) is 0 Å². The standard InChI is InChI=1S/C10H10BrClOS/c1-14-10-5-7(2-3-9(10)11)4-8(13)6-12/h2-3,5H,4,6H2,1H3. The van der Waals surface area contributed by atoms with Gasteiger partial charge < -0.3 is 0 Å². The normalized spacial score (nSPS) is 10.2. The summed E-state index contributed by atoms with van der Waals surface area (Å²) in [4.78, 5) is 12.3. The predicted octanol–water partition coefficient (Wildman–Crippen LogP) is 3.52. The topological polar surface area (TPSA) is 17.1 Å². The van der Waals surface area contributed by atoms with Crippen LogP contribution in [-0.2, 0) is 11.2 Å². The molecule has 0 saturated heterocycles. The van der Waals surface area contributed by atoms with Crippen LogP contribution in [0.3, 0.4) is 0 Å². The highest BCUT2D eigenvalue weighted by molar-refractivity contribution is 9.10. The number of ketones is 1. The number of carbonyl (C=O) groups is 1. The molecule has 0 heterocycles. The van der Waals surface area contributed by atoms with Gasteiger partial charge in [-0.25, -0.2) is 0 Å². The Bertz CT molecular complexity index is 341. The first-order valence-corrected chi connectivity index (χ1v) is 6.62. The van der Waals surface area contributed by atoms with Crippen LogP contribution in [0.15, 0.2) is 27.6 Å². The molecule has 0 spiro atoms. The first-order valence-electron chi connectivity index (χ1n) is 4.07. The lowest BCUT2D eigenvalue weighted by atomic mass is 10.1. The average Bonchev–Trinajstić information content (AvgIpc) is 2.20. The maximum absolute atomic E-state index is 11.1. The minimum absolute atomic E-state index is 0.0565. The largest absolute Gasteiger partial charge is 0.298 e. The minimum atomic E-state index is 0.0565. The van der Waals surface area contributed by atoms with Crippen molar-refractivity contribution in [3.63, 3.8) is 0 Å². The molecule has 0 saturated carbocycles. The van der Waals surface area contributed by atoms with Gasteiger partial charge in [-0.15, -0.1) is 23.4 Å². The highest BCUT2D eigenvalue weighted by Crippen LogP contribution is 2.26. The van der Waals surface area contributed by atoms with Crippen LogP contribution < -0.4 is 0 Å². The molecule has 0 radical (unpaired) electrons. The fourth-order valence-electron chi connectivity index (χ4n) is 1.09. The average molecular weight is 294 g/mol. The van der Waals surface area contributed by atoms with Gasteiger partial charge in [-0.2, -0.15) is 0 Å². The Morgan fingerprint density at radius 2 is 2.29 bits per heavy atom. The van der Waals surface area contributed by atoms with E-state index in [0.717, 1.165) is 14.9 Å². The summed E-state index contributed by atoms with van der Waals surface area (Å²) in [6, 6.07) is 5.91. The Morgan fingerprint density at radius 1 is 1.57 bits per heavy atom. The molecule has 0 unspecified atom stereocenters. The Labute approximate surface area is 101 Å². The van der Waals surface area contributed by atoms with Crippen LogP contribution in [0.4, 0.5) is 0 Å². The molecule has 0 bridgehead atoms. The van der Waals surface area contributed by atoms with Crippen LogP contribution in [0, 0.1) is 0 Å². The van der Waals surface area contributed by atoms with Gasteiger partial charge in [0.15, 0.2) is 5.78 Å². The van der Waals surface area contributed by atoms with E-state index in [1.807, 2.05) is 24.5 Å². The van der Waals surface area contributed by atoms with E-state index in [0.29, 0.717) is 6.42 Å². The quantitative estimate of drug-likeness (QED) is 0.624. The van der Waals surface area contributed by atoms with Crippen LogP contribution in [0.5, 0.6) is 0 Å². The van der Waals surface area contributed by atoms with Gasteiger partial charge in [0.2, 0.25) is 0 Å². The minimum Gasteiger partial charge on any atom is -0.298 e. The monoisotopic (exact) mass is 292 g/mol. The molecular weight excluding hydrogens is 284 g/mol. The number of hydrogen-bond acceptors (Lipinski definition) is 2. The second kappa shape index (κ2) is 5.79. The molecule has 0 amide bonds. The number of thioether (sulfide) groups is 1. The van der Waals surface area contributed by atoms with E-state index in [9.17, 15) is 4.79 Å². The number of Topliss-reactive ketones (excluding diaryl/α,β-unsaturated/α-hetero) is 1. The molecule has 1 rings (SSSR count). The summed E-state index contributed by atoms with van der Waals surface area (Å²) < 4.78 is 1.06. The summed E-state index contributed by atoms with van der Waals surface area (Å²) in [6.07, 6.45) is 2.43. The zero-order valence-electron chi connectivity index (χ0n) is 7.72. The molecule has 0 aliphatic heterocycles. The van der Waals surface area contributed by atoms with E-state index in [1.165, 1.54) is 0 Å². The molecule has 0 aromatic heterocycles. The van der Waals surface area contributed by atoms with Crippen molar-refractivity contribution in [3.8, 4) is 0 Å². The fraction of sp³-hybridized carbons (Fsp3) is 0.300. The molecule has 0 aliphatic rings. The highest BCUT2D eigenvalue weighted by Gasteiger charge is 2.04. The predicted molar refractivity (Wildman–Crippen MR) is 65.4 cm³/mol. The Hall–Kier alpha value is 0.01000. The number of benzene rings is 1. The zero-order chi connectivity index (χ0) is 10.6. The number of rotatable bonds is 4. The van der Waals surface area contributed by atoms with Crippen LogP contribution in [0.2, 0.25) is 0 Å². The summed E-state index contributed by atoms with van der Waals surface area (Å²) in [5, 5.41) is 0. The lowest BCUT2D eigenvalue weighted by molar-refractivity contribution is -0.116. The van der Waals surface area contributed by atoms with Crippen molar-refractivity contribution in [2.45, 2.75) is 11.3 Å². The summed E-state index contributed by atoms with van der Waals surface area (Å²) in [5.74, 6) is 0.144. The van der Waals surface area contributed by atoms with Gasteiger partial charge in [0, 0.05) is 15.8 Å². The third-order valence-electron chi connectivity index (χ3n) is 1.77. The molecule has 1 aromatic rings. The van der Waals surface area contributed by atoms with Crippen molar-refractivity contribution in [2.75, 3.05) is 12.1 Å². The van der Waals surface area contributed by atoms with Gasteiger partial charge in [0.05, 0.1) is 5.88 Å². The maximum Gasteiger partial charge on any atom is 0.151 e. The molecule has 1 aromatic carbocycles. The molecular formula is C10H10BrClOS. The summed E-state index contributed by atoms with van der Waals surface area (Å²) in [5.41, 5.74) is 1.02. The first-order chi connectivity index (χ1) is 6.67. The van der Waals surface area contributed by atoms with Gasteiger partial charge in [0.25, 0.3) is 0 Å². The Balaban J connectivity index is 2.84. The fourth-order valence-corrected chi connectivity index (χ4v) is 2.45. The van der Waals surface area contributed by atoms with Crippen LogP contribution in [0.25, 0.3) is 0 Å². The lowest BCUT2D eigenvalue weighted by Crippen LogP contribution is -2.03. The second-order valence-electron chi connectivity index (χ2n) is 2.82. The van der Waals surface area contributed by atoms with Gasteiger partial charge >= 0.3 is 0 Å². The number of carbonyl (C=O) groups excluding carboxylic acids is 1. The van der Waals surface area contributed by atoms with E-state index in [4.69, 9.17) is 11.6 Å². The summed E-state index contributed by atoms with van der Waals surface area (Å²) in [7, 11) is 0. The smallest absolute Gasteiger partial charge is 0.151 e. The molecule has 1 nitrogen and oxygen atoms in total. The van der Waals surface area contributed by atoms with E-state index in [2.05, 4.69) is 15.9 Å². The van der Waals surface area contributed by atoms with Gasteiger partial charge in [-0.05, 0) is 39.9 Å². The van der Waals surface area contributed by atoms with Gasteiger partial charge in [-0.3, -0.25) is 4.79 Å². The van der Waals surface area contributed by atoms with Crippen molar-refractivity contribution >= 4 is 45.1 Å². The van der Waals surface area contributed by atoms with E-state index in [1.54, 1.807) is 11.8 Å². The summed E-state index contributed by atoms with van der Waals surface area (Å²) >= 11 is 10.5. The molecule has 0 fully saturated rings. The summed E-state index contributed by atoms with van der Waals surface area (Å²) in [6.45, 7) is 0. The van der Waals surface area contributed by atoms with Crippen LogP contribution in [0.1, 0.15) is 5.56 Å². The van der Waals surface area contributed by atoms with Crippen LogP contribution in [-0.4, -0.2) is 17.9 Å². The first kappa shape index (κ1) is 12.1. The zero-order valence-corrected chi connectivity index (χ0v) is 10.9. The SMILES string of the molecule is CSc1cc(CC(=O)CCl)ccc1Br. The highest BCUT2D eigenvalue weighted by atomic mass is 79.9. The van der Waals surface area contributed by atoms with Crippen molar-refractivity contribution in [3.05, 3.63) is 28.2 Å². The van der Waals surface area contributed by atoms with Gasteiger partial charge in [0.1, 0.15) is 0 Å². The van der Waals surface area contributed by atoms with Crippen molar-refractivity contribution in [1.29, 1.82) is 0 Å². The molecule has 76 valence electrons. The van der Waals surface area contributed by atoms with Crippen molar-refractivity contribution in [1.82, 2.24) is 0 Å².